The van der Waals surface area contributed by atoms with Gasteiger partial charge in [-0.25, -0.2) is 17.9 Å². The highest BCUT2D eigenvalue weighted by Crippen LogP contribution is 2.20. The highest BCUT2D eigenvalue weighted by atomic mass is 32.2. The maximum Gasteiger partial charge on any atom is 0.371 e. The van der Waals surface area contributed by atoms with E-state index in [2.05, 4.69) is 4.72 Å². The molecule has 1 aromatic heterocycles. The molecule has 0 saturated heterocycles. The molecule has 0 unspecified atom stereocenters. The second kappa shape index (κ2) is 5.11. The molecule has 102 valence electrons. The van der Waals surface area contributed by atoms with Gasteiger partial charge in [0.15, 0.2) is 0 Å². The normalized spacial score (nSPS) is 12.6. The summed E-state index contributed by atoms with van der Waals surface area (Å²) in [6, 6.07) is 2.25. The van der Waals surface area contributed by atoms with Crippen LogP contribution < -0.4 is 4.72 Å². The summed E-state index contributed by atoms with van der Waals surface area (Å²) >= 11 is 0. The second-order valence-electron chi connectivity index (χ2n) is 4.30. The highest BCUT2D eigenvalue weighted by Gasteiger charge is 2.29. The third-order valence-electron chi connectivity index (χ3n) is 3.00. The van der Waals surface area contributed by atoms with E-state index in [4.69, 9.17) is 9.52 Å². The molecule has 0 spiro atoms. The van der Waals surface area contributed by atoms with Crippen molar-refractivity contribution in [3.63, 3.8) is 0 Å². The Bertz CT molecular complexity index is 527. The van der Waals surface area contributed by atoms with E-state index in [9.17, 15) is 13.2 Å². The van der Waals surface area contributed by atoms with E-state index in [1.807, 2.05) is 13.8 Å². The lowest BCUT2D eigenvalue weighted by molar-refractivity contribution is 0.0656. The zero-order chi connectivity index (χ0) is 14.0. The van der Waals surface area contributed by atoms with Crippen LogP contribution in [0.15, 0.2) is 21.6 Å². The molecular formula is C11H17NO5S. The van der Waals surface area contributed by atoms with E-state index in [1.165, 1.54) is 0 Å². The van der Waals surface area contributed by atoms with Crippen molar-refractivity contribution in [2.24, 2.45) is 0 Å². The highest BCUT2D eigenvalue weighted by molar-refractivity contribution is 7.89. The number of aromatic carboxylic acids is 1. The van der Waals surface area contributed by atoms with Crippen LogP contribution in [0.1, 0.15) is 44.2 Å². The summed E-state index contributed by atoms with van der Waals surface area (Å²) in [5.74, 6) is -1.70. The summed E-state index contributed by atoms with van der Waals surface area (Å²) in [5, 5.41) is 8.30. The van der Waals surface area contributed by atoms with E-state index in [0.29, 0.717) is 12.8 Å². The Hall–Kier alpha value is -1.34. The Morgan fingerprint density at radius 3 is 2.33 bits per heavy atom. The predicted octanol–water partition coefficient (Wildman–Crippen LogP) is 1.83. The van der Waals surface area contributed by atoms with Crippen LogP contribution in [0.4, 0.5) is 0 Å². The van der Waals surface area contributed by atoms with Gasteiger partial charge < -0.3 is 9.52 Å². The summed E-state index contributed by atoms with van der Waals surface area (Å²) in [6.45, 7) is 5.53. The van der Waals surface area contributed by atoms with Gasteiger partial charge in [-0.3, -0.25) is 0 Å². The Balaban J connectivity index is 3.03. The van der Waals surface area contributed by atoms with Crippen LogP contribution in [0.2, 0.25) is 0 Å². The molecule has 1 heterocycles. The summed E-state index contributed by atoms with van der Waals surface area (Å²) in [6.07, 6.45) is 1.24. The Labute approximate surface area is 106 Å². The van der Waals surface area contributed by atoms with Crippen LogP contribution in [0.25, 0.3) is 0 Å². The quantitative estimate of drug-likeness (QED) is 0.825. The molecule has 0 atom stereocenters. The molecule has 0 fully saturated rings. The first kappa shape index (κ1) is 14.7. The zero-order valence-corrected chi connectivity index (χ0v) is 11.4. The SMILES string of the molecule is CCC(C)(CC)NS(=O)(=O)c1ccc(C(=O)O)o1. The molecule has 18 heavy (non-hydrogen) atoms. The van der Waals surface area contributed by atoms with Gasteiger partial charge in [0.1, 0.15) is 0 Å². The van der Waals surface area contributed by atoms with Crippen molar-refractivity contribution in [2.45, 2.75) is 44.2 Å². The van der Waals surface area contributed by atoms with Gasteiger partial charge in [0.25, 0.3) is 10.0 Å². The zero-order valence-electron chi connectivity index (χ0n) is 10.6. The average Bonchev–Trinajstić information content (AvgIpc) is 2.78. The Morgan fingerprint density at radius 1 is 1.39 bits per heavy atom. The van der Waals surface area contributed by atoms with Gasteiger partial charge in [0, 0.05) is 5.54 Å². The van der Waals surface area contributed by atoms with Crippen LogP contribution in [0.5, 0.6) is 0 Å². The number of carboxylic acid groups (broad SMARTS) is 1. The molecule has 0 aliphatic carbocycles. The standard InChI is InChI=1S/C11H17NO5S/c1-4-11(3,5-2)12-18(15,16)9-7-6-8(17-9)10(13)14/h6-7,12H,4-5H2,1-3H3,(H,13,14). The first-order chi connectivity index (χ1) is 8.24. The van der Waals surface area contributed by atoms with Crippen molar-refractivity contribution in [3.05, 3.63) is 17.9 Å². The maximum absolute atomic E-state index is 12.0. The van der Waals surface area contributed by atoms with Gasteiger partial charge in [0.05, 0.1) is 0 Å². The van der Waals surface area contributed by atoms with Gasteiger partial charge in [-0.1, -0.05) is 13.8 Å². The van der Waals surface area contributed by atoms with Crippen LogP contribution in [0, 0.1) is 0 Å². The summed E-state index contributed by atoms with van der Waals surface area (Å²) in [7, 11) is -3.83. The number of rotatable bonds is 6. The minimum Gasteiger partial charge on any atom is -0.475 e. The van der Waals surface area contributed by atoms with Crippen molar-refractivity contribution < 1.29 is 22.7 Å². The van der Waals surface area contributed by atoms with E-state index in [1.54, 1.807) is 6.92 Å². The molecule has 1 aromatic rings. The van der Waals surface area contributed by atoms with Crippen LogP contribution in [0.3, 0.4) is 0 Å². The number of furan rings is 1. The van der Waals surface area contributed by atoms with Gasteiger partial charge in [0.2, 0.25) is 10.9 Å². The number of carboxylic acids is 1. The Kier molecular flexibility index (Phi) is 4.18. The summed E-state index contributed by atoms with van der Waals surface area (Å²) < 4.78 is 31.3. The van der Waals surface area contributed by atoms with E-state index in [-0.39, 0.29) is 5.09 Å². The lowest BCUT2D eigenvalue weighted by Gasteiger charge is -2.26. The van der Waals surface area contributed by atoms with Gasteiger partial charge in [-0.2, -0.15) is 0 Å². The minimum atomic E-state index is -3.83. The van der Waals surface area contributed by atoms with Crippen molar-refractivity contribution >= 4 is 16.0 Å². The average molecular weight is 275 g/mol. The molecule has 0 aliphatic rings. The van der Waals surface area contributed by atoms with Gasteiger partial charge in [-0.05, 0) is 31.9 Å². The molecule has 2 N–H and O–H groups in total. The fourth-order valence-corrected chi connectivity index (χ4v) is 2.83. The van der Waals surface area contributed by atoms with Gasteiger partial charge in [-0.15, -0.1) is 0 Å². The lowest BCUT2D eigenvalue weighted by atomic mass is 9.98. The van der Waals surface area contributed by atoms with Crippen molar-refractivity contribution in [1.82, 2.24) is 4.72 Å². The predicted molar refractivity (Wildman–Crippen MR) is 65.0 cm³/mol. The number of nitrogens with one attached hydrogen (secondary N) is 1. The number of carbonyl (C=O) groups is 1. The number of sulfonamides is 1. The van der Waals surface area contributed by atoms with Gasteiger partial charge >= 0.3 is 5.97 Å². The van der Waals surface area contributed by atoms with Crippen molar-refractivity contribution in [3.8, 4) is 0 Å². The first-order valence-corrected chi connectivity index (χ1v) is 7.09. The molecular weight excluding hydrogens is 258 g/mol. The monoisotopic (exact) mass is 275 g/mol. The summed E-state index contributed by atoms with van der Waals surface area (Å²) in [5.41, 5.74) is -0.574. The number of hydrogen-bond donors (Lipinski definition) is 2. The largest absolute Gasteiger partial charge is 0.475 e. The topological polar surface area (TPSA) is 96.6 Å². The Morgan fingerprint density at radius 2 is 1.94 bits per heavy atom. The smallest absolute Gasteiger partial charge is 0.371 e. The van der Waals surface area contributed by atoms with E-state index >= 15 is 0 Å². The molecule has 0 aromatic carbocycles. The van der Waals surface area contributed by atoms with Crippen LogP contribution >= 0.6 is 0 Å². The van der Waals surface area contributed by atoms with Crippen LogP contribution in [-0.2, 0) is 10.0 Å². The molecule has 0 aliphatic heterocycles. The molecule has 0 saturated carbocycles. The molecule has 7 heteroatoms. The first-order valence-electron chi connectivity index (χ1n) is 5.61. The van der Waals surface area contributed by atoms with Crippen molar-refractivity contribution in [1.29, 1.82) is 0 Å². The minimum absolute atomic E-state index is 0.381. The fraction of sp³-hybridized carbons (Fsp3) is 0.545. The molecule has 6 nitrogen and oxygen atoms in total. The number of hydrogen-bond acceptors (Lipinski definition) is 4. The molecule has 0 radical (unpaired) electrons. The molecule has 1 rings (SSSR count). The van der Waals surface area contributed by atoms with Crippen molar-refractivity contribution in [2.75, 3.05) is 0 Å². The third kappa shape index (κ3) is 3.11. The molecule has 0 amide bonds. The second-order valence-corrected chi connectivity index (χ2v) is 5.91. The fourth-order valence-electron chi connectivity index (χ4n) is 1.35. The lowest BCUT2D eigenvalue weighted by Crippen LogP contribution is -2.44. The third-order valence-corrected chi connectivity index (χ3v) is 4.51. The molecule has 0 bridgehead atoms. The maximum atomic E-state index is 12.0. The van der Waals surface area contributed by atoms with E-state index in [0.717, 1.165) is 12.1 Å². The van der Waals surface area contributed by atoms with E-state index < -0.39 is 27.3 Å². The van der Waals surface area contributed by atoms with Crippen LogP contribution in [-0.4, -0.2) is 25.0 Å². The summed E-state index contributed by atoms with van der Waals surface area (Å²) in [4.78, 5) is 10.6.